The van der Waals surface area contributed by atoms with Crippen LogP contribution in [0.25, 0.3) is 0 Å². The van der Waals surface area contributed by atoms with Gasteiger partial charge in [0.05, 0.1) is 0 Å². The smallest absolute Gasteiger partial charge is 0.0489 e. The number of rotatable bonds is 3. The highest BCUT2D eigenvalue weighted by Crippen LogP contribution is 1.96. The summed E-state index contributed by atoms with van der Waals surface area (Å²) in [6, 6.07) is 1.88. The zero-order valence-electron chi connectivity index (χ0n) is 6.07. The van der Waals surface area contributed by atoms with Crippen LogP contribution in [0.4, 0.5) is 0 Å². The third-order valence-electron chi connectivity index (χ3n) is 1.37. The summed E-state index contributed by atoms with van der Waals surface area (Å²) in [6.07, 6.45) is 3.64. The summed E-state index contributed by atoms with van der Waals surface area (Å²) in [5.74, 6) is 0.292. The minimum absolute atomic E-state index is 0.222. The molecule has 0 amide bonds. The third kappa shape index (κ3) is 1.84. The number of nitrogens with zero attached hydrogens (tertiary/aromatic N) is 2. The molecule has 0 saturated heterocycles. The van der Waals surface area contributed by atoms with Gasteiger partial charge in [-0.3, -0.25) is 4.68 Å². The van der Waals surface area contributed by atoms with Crippen LogP contribution in [-0.4, -0.2) is 21.5 Å². The molecule has 0 fully saturated rings. The van der Waals surface area contributed by atoms with Crippen molar-refractivity contribution in [2.75, 3.05) is 6.61 Å². The van der Waals surface area contributed by atoms with Gasteiger partial charge in [-0.05, 0) is 12.0 Å². The molecule has 0 radical (unpaired) electrons. The number of aliphatic hydroxyl groups is 1. The van der Waals surface area contributed by atoms with Gasteiger partial charge >= 0.3 is 0 Å². The van der Waals surface area contributed by atoms with E-state index < -0.39 is 0 Å². The molecule has 10 heavy (non-hydrogen) atoms. The number of aromatic nitrogens is 2. The Balaban J connectivity index is 2.40. The minimum Gasteiger partial charge on any atom is -0.396 e. The zero-order valence-corrected chi connectivity index (χ0v) is 6.07. The first-order valence-electron chi connectivity index (χ1n) is 3.41. The average Bonchev–Trinajstić information content (AvgIpc) is 2.40. The first-order valence-corrected chi connectivity index (χ1v) is 3.41. The molecule has 0 aliphatic heterocycles. The Morgan fingerprint density at radius 2 is 2.50 bits per heavy atom. The molecule has 3 nitrogen and oxygen atoms in total. The number of hydrogen-bond donors (Lipinski definition) is 1. The maximum atomic E-state index is 8.69. The van der Waals surface area contributed by atoms with Crippen molar-refractivity contribution in [2.45, 2.75) is 13.5 Å². The summed E-state index contributed by atoms with van der Waals surface area (Å²) in [5, 5.41) is 12.7. The molecule has 1 unspecified atom stereocenters. The summed E-state index contributed by atoms with van der Waals surface area (Å²) in [4.78, 5) is 0. The van der Waals surface area contributed by atoms with Crippen LogP contribution < -0.4 is 0 Å². The molecule has 0 aromatic carbocycles. The maximum absolute atomic E-state index is 8.69. The number of hydrogen-bond acceptors (Lipinski definition) is 2. The fraction of sp³-hybridized carbons (Fsp3) is 0.571. The molecule has 1 aromatic rings. The van der Waals surface area contributed by atoms with Crippen molar-refractivity contribution in [1.82, 2.24) is 9.78 Å². The van der Waals surface area contributed by atoms with Crippen molar-refractivity contribution in [3.05, 3.63) is 18.5 Å². The predicted molar refractivity (Wildman–Crippen MR) is 38.5 cm³/mol. The lowest BCUT2D eigenvalue weighted by Gasteiger charge is -2.06. The van der Waals surface area contributed by atoms with Crippen LogP contribution in [0.15, 0.2) is 18.5 Å². The molecule has 0 aliphatic rings. The molecule has 1 atom stereocenters. The highest BCUT2D eigenvalue weighted by atomic mass is 16.3. The molecule has 0 saturated carbocycles. The molecule has 0 aliphatic carbocycles. The lowest BCUT2D eigenvalue weighted by atomic mass is 10.2. The van der Waals surface area contributed by atoms with Crippen molar-refractivity contribution < 1.29 is 5.11 Å². The standard InChI is InChI=1S/C7H12N2O/c1-7(6-10)5-9-4-2-3-8-9/h2-4,7,10H,5-6H2,1H3. The second kappa shape index (κ2) is 3.37. The summed E-state index contributed by atoms with van der Waals surface area (Å²) < 4.78 is 1.82. The van der Waals surface area contributed by atoms with Gasteiger partial charge < -0.3 is 5.11 Å². The summed E-state index contributed by atoms with van der Waals surface area (Å²) in [5.41, 5.74) is 0. The van der Waals surface area contributed by atoms with Crippen LogP contribution in [0.3, 0.4) is 0 Å². The van der Waals surface area contributed by atoms with Crippen LogP contribution in [0.5, 0.6) is 0 Å². The molecule has 0 spiro atoms. The first kappa shape index (κ1) is 7.28. The van der Waals surface area contributed by atoms with E-state index >= 15 is 0 Å². The average molecular weight is 140 g/mol. The molecular formula is C7H12N2O. The molecule has 1 heterocycles. The Morgan fingerprint density at radius 1 is 1.70 bits per heavy atom. The van der Waals surface area contributed by atoms with Gasteiger partial charge in [0.25, 0.3) is 0 Å². The van der Waals surface area contributed by atoms with Gasteiger partial charge in [-0.25, -0.2) is 0 Å². The fourth-order valence-corrected chi connectivity index (χ4v) is 0.786. The van der Waals surface area contributed by atoms with E-state index in [1.807, 2.05) is 23.9 Å². The maximum Gasteiger partial charge on any atom is 0.0489 e. The van der Waals surface area contributed by atoms with Gasteiger partial charge in [0.2, 0.25) is 0 Å². The fourth-order valence-electron chi connectivity index (χ4n) is 0.786. The van der Waals surface area contributed by atoms with E-state index in [9.17, 15) is 0 Å². The van der Waals surface area contributed by atoms with Gasteiger partial charge in [0.1, 0.15) is 0 Å². The van der Waals surface area contributed by atoms with Crippen LogP contribution in [0.2, 0.25) is 0 Å². The Labute approximate surface area is 60.3 Å². The van der Waals surface area contributed by atoms with Gasteiger partial charge in [-0.1, -0.05) is 6.92 Å². The van der Waals surface area contributed by atoms with Crippen LogP contribution in [0, 0.1) is 5.92 Å². The Kier molecular flexibility index (Phi) is 2.45. The Morgan fingerprint density at radius 3 is 3.00 bits per heavy atom. The summed E-state index contributed by atoms with van der Waals surface area (Å²) in [6.45, 7) is 3.01. The van der Waals surface area contributed by atoms with E-state index in [4.69, 9.17) is 5.11 Å². The summed E-state index contributed by atoms with van der Waals surface area (Å²) in [7, 11) is 0. The van der Waals surface area contributed by atoms with Crippen molar-refractivity contribution in [1.29, 1.82) is 0 Å². The first-order chi connectivity index (χ1) is 4.83. The summed E-state index contributed by atoms with van der Waals surface area (Å²) >= 11 is 0. The lowest BCUT2D eigenvalue weighted by molar-refractivity contribution is 0.219. The van der Waals surface area contributed by atoms with Crippen molar-refractivity contribution >= 4 is 0 Å². The Hall–Kier alpha value is -0.830. The molecule has 56 valence electrons. The molecule has 1 N–H and O–H groups in total. The highest BCUT2D eigenvalue weighted by molar-refractivity contribution is 4.77. The second-order valence-corrected chi connectivity index (χ2v) is 2.52. The molecule has 3 heteroatoms. The van der Waals surface area contributed by atoms with E-state index in [0.717, 1.165) is 6.54 Å². The largest absolute Gasteiger partial charge is 0.396 e. The van der Waals surface area contributed by atoms with Gasteiger partial charge in [0.15, 0.2) is 0 Å². The quantitative estimate of drug-likeness (QED) is 0.664. The predicted octanol–water partition coefficient (Wildman–Crippen LogP) is 0.512. The zero-order chi connectivity index (χ0) is 7.40. The minimum atomic E-state index is 0.222. The SMILES string of the molecule is CC(CO)Cn1cccn1. The third-order valence-corrected chi connectivity index (χ3v) is 1.37. The van der Waals surface area contributed by atoms with Crippen LogP contribution in [0.1, 0.15) is 6.92 Å². The molecule has 0 bridgehead atoms. The number of aliphatic hydroxyl groups excluding tert-OH is 1. The Bertz CT molecular complexity index is 172. The van der Waals surface area contributed by atoms with Gasteiger partial charge in [-0.2, -0.15) is 5.10 Å². The van der Waals surface area contributed by atoms with E-state index in [2.05, 4.69) is 5.10 Å². The molecular weight excluding hydrogens is 128 g/mol. The molecule has 1 rings (SSSR count). The normalized spacial score (nSPS) is 13.4. The van der Waals surface area contributed by atoms with E-state index in [1.54, 1.807) is 6.20 Å². The monoisotopic (exact) mass is 140 g/mol. The van der Waals surface area contributed by atoms with Crippen molar-refractivity contribution in [3.63, 3.8) is 0 Å². The molecule has 1 aromatic heterocycles. The van der Waals surface area contributed by atoms with Gasteiger partial charge in [0, 0.05) is 25.5 Å². The second-order valence-electron chi connectivity index (χ2n) is 2.52. The van der Waals surface area contributed by atoms with Crippen LogP contribution in [-0.2, 0) is 6.54 Å². The lowest BCUT2D eigenvalue weighted by Crippen LogP contribution is -2.11. The van der Waals surface area contributed by atoms with Crippen molar-refractivity contribution in [2.24, 2.45) is 5.92 Å². The topological polar surface area (TPSA) is 38.0 Å². The van der Waals surface area contributed by atoms with Crippen molar-refractivity contribution in [3.8, 4) is 0 Å². The van der Waals surface area contributed by atoms with Gasteiger partial charge in [-0.15, -0.1) is 0 Å². The highest BCUT2D eigenvalue weighted by Gasteiger charge is 1.99. The van der Waals surface area contributed by atoms with E-state index in [0.29, 0.717) is 5.92 Å². The van der Waals surface area contributed by atoms with E-state index in [1.165, 1.54) is 0 Å². The van der Waals surface area contributed by atoms with E-state index in [-0.39, 0.29) is 6.61 Å². The van der Waals surface area contributed by atoms with Crippen LogP contribution >= 0.6 is 0 Å².